The van der Waals surface area contributed by atoms with E-state index in [1.165, 1.54) is 6.92 Å². The van der Waals surface area contributed by atoms with Crippen LogP contribution in [0.3, 0.4) is 0 Å². The van der Waals surface area contributed by atoms with Gasteiger partial charge in [-0.3, -0.25) is 0 Å². The first-order valence-electron chi connectivity index (χ1n) is 3.42. The quantitative estimate of drug-likeness (QED) is 0.643. The summed E-state index contributed by atoms with van der Waals surface area (Å²) in [6, 6.07) is 0.699. The summed E-state index contributed by atoms with van der Waals surface area (Å²) in [6.07, 6.45) is 0. The highest BCUT2D eigenvalue weighted by atomic mass is 19.1. The molecule has 0 bridgehead atoms. The molecule has 0 fully saturated rings. The van der Waals surface area contributed by atoms with E-state index in [-0.39, 0.29) is 11.1 Å². The molecule has 0 atom stereocenters. The zero-order valence-corrected chi connectivity index (χ0v) is 6.76. The van der Waals surface area contributed by atoms with Gasteiger partial charge in [0, 0.05) is 0 Å². The monoisotopic (exact) mass is 187 g/mol. The van der Waals surface area contributed by atoms with E-state index in [0.29, 0.717) is 6.07 Å². The Morgan fingerprint density at radius 1 is 1.62 bits per heavy atom. The number of hydrogen-bond acceptors (Lipinski definition) is 2. The first kappa shape index (κ1) is 9.31. The molecule has 5 heteroatoms. The molecule has 1 rings (SSSR count). The first-order chi connectivity index (χ1) is 5.95. The van der Waals surface area contributed by atoms with Gasteiger partial charge in [-0.25, -0.2) is 9.18 Å². The second-order valence-corrected chi connectivity index (χ2v) is 2.56. The van der Waals surface area contributed by atoms with E-state index in [1.54, 1.807) is 0 Å². The van der Waals surface area contributed by atoms with Crippen LogP contribution in [0.25, 0.3) is 0 Å². The minimum atomic E-state index is -1.31. The molecule has 0 saturated heterocycles. The summed E-state index contributed by atoms with van der Waals surface area (Å²) >= 11 is 0. The van der Waals surface area contributed by atoms with Crippen molar-refractivity contribution in [2.45, 2.75) is 6.92 Å². The molecule has 4 nitrogen and oxygen atoms in total. The normalized spacial score (nSPS) is 10.0. The van der Waals surface area contributed by atoms with Crippen molar-refractivity contribution in [2.75, 3.05) is 0 Å². The van der Waals surface area contributed by atoms with Crippen LogP contribution in [0.4, 0.5) is 4.39 Å². The van der Waals surface area contributed by atoms with E-state index in [1.807, 2.05) is 0 Å². The SMILES string of the molecule is Cc1c(C(=O)O)cc(F)c(O)c1[OH2+]. The maximum atomic E-state index is 12.7. The molecule has 0 aromatic heterocycles. The molecule has 1 aromatic rings. The summed E-state index contributed by atoms with van der Waals surface area (Å²) in [4.78, 5) is 10.5. The Hall–Kier alpha value is -1.78. The topological polar surface area (TPSA) is 80.4 Å². The largest absolute Gasteiger partial charge is 0.590 e. The third-order valence-corrected chi connectivity index (χ3v) is 1.74. The third-order valence-electron chi connectivity index (χ3n) is 1.74. The van der Waals surface area contributed by atoms with E-state index >= 15 is 0 Å². The van der Waals surface area contributed by atoms with Crippen LogP contribution in [0.5, 0.6) is 11.5 Å². The molecule has 13 heavy (non-hydrogen) atoms. The fourth-order valence-corrected chi connectivity index (χ4v) is 0.957. The Kier molecular flexibility index (Phi) is 2.10. The lowest BCUT2D eigenvalue weighted by Crippen LogP contribution is -2.01. The van der Waals surface area contributed by atoms with Gasteiger partial charge in [0.15, 0.2) is 5.82 Å². The minimum absolute atomic E-state index is 0.0476. The third kappa shape index (κ3) is 1.40. The average Bonchev–Trinajstić information content (AvgIpc) is 2.07. The summed E-state index contributed by atoms with van der Waals surface area (Å²) in [5.41, 5.74) is -0.258. The van der Waals surface area contributed by atoms with Gasteiger partial charge in [0.05, 0.1) is 11.1 Å². The van der Waals surface area contributed by atoms with Crippen LogP contribution < -0.4 is 0 Å². The second kappa shape index (κ2) is 2.93. The van der Waals surface area contributed by atoms with Crippen LogP contribution in [-0.4, -0.2) is 21.3 Å². The van der Waals surface area contributed by atoms with Crippen molar-refractivity contribution < 1.29 is 24.5 Å². The number of aromatic carboxylic acids is 1. The number of halogens is 1. The van der Waals surface area contributed by atoms with Gasteiger partial charge in [0.25, 0.3) is 0 Å². The van der Waals surface area contributed by atoms with Crippen molar-refractivity contribution in [3.63, 3.8) is 0 Å². The number of rotatable bonds is 1. The van der Waals surface area contributed by atoms with Gasteiger partial charge in [-0.15, -0.1) is 0 Å². The van der Waals surface area contributed by atoms with Gasteiger partial charge >= 0.3 is 11.7 Å². The maximum Gasteiger partial charge on any atom is 0.336 e. The molecule has 0 aliphatic carbocycles. The Balaban J connectivity index is 3.50. The number of carbonyl (C=O) groups is 1. The smallest absolute Gasteiger partial charge is 0.336 e. The van der Waals surface area contributed by atoms with Crippen LogP contribution in [0.2, 0.25) is 0 Å². The summed E-state index contributed by atoms with van der Waals surface area (Å²) in [6.45, 7) is 1.34. The molecule has 0 aliphatic rings. The molecule has 0 heterocycles. The number of carboxylic acid groups (broad SMARTS) is 1. The fraction of sp³-hybridized carbons (Fsp3) is 0.125. The van der Waals surface area contributed by atoms with Crippen LogP contribution in [0.1, 0.15) is 15.9 Å². The number of aromatic hydroxyl groups is 1. The lowest BCUT2D eigenvalue weighted by Gasteiger charge is -2.02. The number of hydrogen-bond donors (Lipinski definition) is 2. The van der Waals surface area contributed by atoms with E-state index in [4.69, 9.17) is 15.3 Å². The highest BCUT2D eigenvalue weighted by Crippen LogP contribution is 2.33. The molecule has 0 aliphatic heterocycles. The lowest BCUT2D eigenvalue weighted by atomic mass is 10.1. The van der Waals surface area contributed by atoms with Gasteiger partial charge in [0.2, 0.25) is 5.75 Å². The standard InChI is InChI=1S/C8H7FO4/c1-3-4(8(12)13)2-5(9)7(11)6(3)10/h2,10-11H,1H3,(H,12,13)/p+1. The van der Waals surface area contributed by atoms with Crippen molar-refractivity contribution in [1.82, 2.24) is 0 Å². The van der Waals surface area contributed by atoms with Crippen LogP contribution in [0, 0.1) is 12.7 Å². The van der Waals surface area contributed by atoms with Crippen molar-refractivity contribution in [3.8, 4) is 11.5 Å². The van der Waals surface area contributed by atoms with Gasteiger partial charge in [-0.05, 0) is 13.0 Å². The predicted octanol–water partition coefficient (Wildman–Crippen LogP) is 0.976. The van der Waals surface area contributed by atoms with Crippen molar-refractivity contribution in [2.24, 2.45) is 0 Å². The van der Waals surface area contributed by atoms with Gasteiger partial charge < -0.3 is 15.3 Å². The maximum absolute atomic E-state index is 12.7. The number of benzene rings is 1. The minimum Gasteiger partial charge on any atom is -0.590 e. The number of carboxylic acids is 1. The summed E-state index contributed by atoms with van der Waals surface area (Å²) in [5.74, 6) is -3.71. The molecule has 0 amide bonds. The predicted molar refractivity (Wildman–Crippen MR) is 42.8 cm³/mol. The van der Waals surface area contributed by atoms with Gasteiger partial charge in [-0.1, -0.05) is 0 Å². The molecular weight excluding hydrogens is 179 g/mol. The summed E-state index contributed by atoms with van der Waals surface area (Å²) < 4.78 is 12.7. The van der Waals surface area contributed by atoms with E-state index in [9.17, 15) is 9.18 Å². The van der Waals surface area contributed by atoms with E-state index in [0.717, 1.165) is 0 Å². The van der Waals surface area contributed by atoms with Crippen molar-refractivity contribution in [1.29, 1.82) is 0 Å². The Morgan fingerprint density at radius 2 is 2.15 bits per heavy atom. The summed E-state index contributed by atoms with van der Waals surface area (Å²) in [7, 11) is 0. The molecular formula is C8H8FO4+. The Bertz CT molecular complexity index is 373. The highest BCUT2D eigenvalue weighted by Gasteiger charge is 2.21. The van der Waals surface area contributed by atoms with E-state index in [2.05, 4.69) is 0 Å². The molecule has 1 aromatic carbocycles. The zero-order chi connectivity index (χ0) is 10.2. The second-order valence-electron chi connectivity index (χ2n) is 2.56. The Morgan fingerprint density at radius 3 is 2.62 bits per heavy atom. The van der Waals surface area contributed by atoms with Crippen LogP contribution >= 0.6 is 0 Å². The molecule has 0 spiro atoms. The van der Waals surface area contributed by atoms with Gasteiger partial charge in [-0.2, -0.15) is 0 Å². The molecule has 0 unspecified atom stereocenters. The average molecular weight is 187 g/mol. The number of phenols is 1. The summed E-state index contributed by atoms with van der Waals surface area (Å²) in [5, 5.41) is 24.7. The number of phenolic OH excluding ortho intramolecular Hbond substituents is 1. The Labute approximate surface area is 72.9 Å². The van der Waals surface area contributed by atoms with Crippen molar-refractivity contribution >= 4 is 5.97 Å². The molecule has 0 saturated carbocycles. The first-order valence-corrected chi connectivity index (χ1v) is 3.42. The molecule has 70 valence electrons. The lowest BCUT2D eigenvalue weighted by molar-refractivity contribution is 0.0695. The van der Waals surface area contributed by atoms with Gasteiger partial charge in [0.1, 0.15) is 0 Å². The molecule has 0 radical (unpaired) electrons. The van der Waals surface area contributed by atoms with Crippen molar-refractivity contribution in [3.05, 3.63) is 23.0 Å². The van der Waals surface area contributed by atoms with Crippen LogP contribution in [-0.2, 0) is 0 Å². The molecule has 4 N–H and O–H groups in total. The fourth-order valence-electron chi connectivity index (χ4n) is 0.957. The highest BCUT2D eigenvalue weighted by molar-refractivity contribution is 5.90. The van der Waals surface area contributed by atoms with E-state index < -0.39 is 23.3 Å². The zero-order valence-electron chi connectivity index (χ0n) is 6.76. The van der Waals surface area contributed by atoms with Crippen LogP contribution in [0.15, 0.2) is 6.07 Å².